The van der Waals surface area contributed by atoms with Gasteiger partial charge in [0.05, 0.1) is 11.6 Å². The number of benzene rings is 3. The van der Waals surface area contributed by atoms with Gasteiger partial charge < -0.3 is 10.1 Å². The van der Waals surface area contributed by atoms with E-state index in [2.05, 4.69) is 20.5 Å². The molecule has 3 aromatic carbocycles. The molecule has 6 nitrogen and oxygen atoms in total. The second kappa shape index (κ2) is 7.29. The molecule has 5 aromatic rings. The number of amides is 1. The first-order valence-electron chi connectivity index (χ1n) is 9.23. The Hall–Kier alpha value is -4.26. The average molecular weight is 398 g/mol. The number of carbonyl (C=O) groups excluding carboxylic acids is 1. The second-order valence-electron chi connectivity index (χ2n) is 6.69. The fourth-order valence-electron chi connectivity index (χ4n) is 3.27. The highest BCUT2D eigenvalue weighted by Crippen LogP contribution is 2.32. The molecule has 0 saturated heterocycles. The van der Waals surface area contributed by atoms with Crippen LogP contribution in [0.5, 0.6) is 11.5 Å². The number of aromatic nitrogens is 3. The molecule has 0 aliphatic rings. The van der Waals surface area contributed by atoms with Crippen molar-refractivity contribution in [1.82, 2.24) is 15.2 Å². The molecule has 0 aliphatic carbocycles. The van der Waals surface area contributed by atoms with E-state index in [9.17, 15) is 9.18 Å². The quantitative estimate of drug-likeness (QED) is 0.431. The van der Waals surface area contributed by atoms with E-state index in [1.807, 2.05) is 36.4 Å². The number of nitrogens with zero attached hydrogens (tertiary/aromatic N) is 2. The molecule has 5 rings (SSSR count). The number of aromatic amines is 1. The van der Waals surface area contributed by atoms with E-state index in [0.717, 1.165) is 16.2 Å². The van der Waals surface area contributed by atoms with Crippen LogP contribution in [0.3, 0.4) is 0 Å². The fraction of sp³-hybridized carbons (Fsp3) is 0. The van der Waals surface area contributed by atoms with Gasteiger partial charge in [-0.3, -0.25) is 9.89 Å². The fourth-order valence-corrected chi connectivity index (χ4v) is 3.27. The summed E-state index contributed by atoms with van der Waals surface area (Å²) in [7, 11) is 0. The molecule has 1 amide bonds. The Morgan fingerprint density at radius 1 is 1.00 bits per heavy atom. The summed E-state index contributed by atoms with van der Waals surface area (Å²) in [6, 6.07) is 18.4. The zero-order valence-electron chi connectivity index (χ0n) is 15.6. The van der Waals surface area contributed by atoms with Crippen LogP contribution in [0.15, 0.2) is 79.1 Å². The van der Waals surface area contributed by atoms with Crippen LogP contribution in [0.4, 0.5) is 10.1 Å². The Bertz CT molecular complexity index is 1380. The van der Waals surface area contributed by atoms with Crippen molar-refractivity contribution in [3.63, 3.8) is 0 Å². The molecule has 0 fully saturated rings. The van der Waals surface area contributed by atoms with Gasteiger partial charge in [0.15, 0.2) is 5.65 Å². The predicted molar refractivity (Wildman–Crippen MR) is 112 cm³/mol. The number of pyridine rings is 1. The van der Waals surface area contributed by atoms with Gasteiger partial charge in [-0.15, -0.1) is 0 Å². The standard InChI is InChI=1S/C23H15FN4O2/c24-16-6-4-14(5-7-16)23(29)27-20-3-1-2-15-12-17(8-9-18(15)20)30-21-10-11-25-22-19(21)13-26-28-22/h1-13H,(H,27,29)(H,25,26,28). The van der Waals surface area contributed by atoms with Crippen molar-refractivity contribution in [3.8, 4) is 11.5 Å². The normalized spacial score (nSPS) is 11.0. The maximum atomic E-state index is 13.1. The molecule has 146 valence electrons. The monoisotopic (exact) mass is 398 g/mol. The van der Waals surface area contributed by atoms with Crippen LogP contribution in [-0.2, 0) is 0 Å². The Balaban J connectivity index is 1.44. The Morgan fingerprint density at radius 3 is 2.73 bits per heavy atom. The zero-order chi connectivity index (χ0) is 20.5. The second-order valence-corrected chi connectivity index (χ2v) is 6.69. The molecule has 0 saturated carbocycles. The van der Waals surface area contributed by atoms with Crippen molar-refractivity contribution in [1.29, 1.82) is 0 Å². The lowest BCUT2D eigenvalue weighted by atomic mass is 10.1. The number of halogens is 1. The van der Waals surface area contributed by atoms with Crippen molar-refractivity contribution >= 4 is 33.4 Å². The van der Waals surface area contributed by atoms with E-state index in [1.54, 1.807) is 18.5 Å². The minimum absolute atomic E-state index is 0.304. The molecular weight excluding hydrogens is 383 g/mol. The van der Waals surface area contributed by atoms with Crippen molar-refractivity contribution in [2.45, 2.75) is 0 Å². The van der Waals surface area contributed by atoms with Crippen molar-refractivity contribution in [3.05, 3.63) is 90.5 Å². The molecule has 0 aliphatic heterocycles. The van der Waals surface area contributed by atoms with E-state index in [0.29, 0.717) is 28.4 Å². The van der Waals surface area contributed by atoms with Gasteiger partial charge in [-0.1, -0.05) is 12.1 Å². The number of hydrogen-bond donors (Lipinski definition) is 2. The molecule has 0 bridgehead atoms. The van der Waals surface area contributed by atoms with Gasteiger partial charge in [0.2, 0.25) is 0 Å². The number of rotatable bonds is 4. The number of fused-ring (bicyclic) bond motifs is 2. The highest BCUT2D eigenvalue weighted by Gasteiger charge is 2.10. The van der Waals surface area contributed by atoms with E-state index >= 15 is 0 Å². The smallest absolute Gasteiger partial charge is 0.255 e. The summed E-state index contributed by atoms with van der Waals surface area (Å²) in [6.45, 7) is 0. The highest BCUT2D eigenvalue weighted by molar-refractivity contribution is 6.09. The lowest BCUT2D eigenvalue weighted by Gasteiger charge is -2.11. The van der Waals surface area contributed by atoms with Crippen molar-refractivity contribution in [2.24, 2.45) is 0 Å². The first kappa shape index (κ1) is 17.8. The van der Waals surface area contributed by atoms with Crippen LogP contribution >= 0.6 is 0 Å². The number of nitrogens with one attached hydrogen (secondary N) is 2. The molecule has 30 heavy (non-hydrogen) atoms. The van der Waals surface area contributed by atoms with Gasteiger partial charge in [0.1, 0.15) is 17.3 Å². The number of anilines is 1. The zero-order valence-corrected chi connectivity index (χ0v) is 15.6. The maximum Gasteiger partial charge on any atom is 0.255 e. The van der Waals surface area contributed by atoms with E-state index < -0.39 is 0 Å². The third-order valence-corrected chi connectivity index (χ3v) is 4.75. The maximum absolute atomic E-state index is 13.1. The molecule has 0 spiro atoms. The summed E-state index contributed by atoms with van der Waals surface area (Å²) in [6.07, 6.45) is 3.32. The van der Waals surface area contributed by atoms with Gasteiger partial charge >= 0.3 is 0 Å². The third-order valence-electron chi connectivity index (χ3n) is 4.75. The summed E-state index contributed by atoms with van der Waals surface area (Å²) in [5.41, 5.74) is 1.70. The Labute approximate surface area is 170 Å². The molecule has 0 radical (unpaired) electrons. The van der Waals surface area contributed by atoms with Crippen LogP contribution in [0.2, 0.25) is 0 Å². The van der Waals surface area contributed by atoms with Gasteiger partial charge in [-0.2, -0.15) is 5.10 Å². The molecule has 2 heterocycles. The van der Waals surface area contributed by atoms with Gasteiger partial charge in [0, 0.05) is 22.8 Å². The van der Waals surface area contributed by atoms with Crippen LogP contribution < -0.4 is 10.1 Å². The first-order valence-corrected chi connectivity index (χ1v) is 9.23. The van der Waals surface area contributed by atoms with Crippen LogP contribution in [0, 0.1) is 5.82 Å². The molecule has 0 unspecified atom stereocenters. The Kier molecular flexibility index (Phi) is 4.33. The van der Waals surface area contributed by atoms with Crippen LogP contribution in [-0.4, -0.2) is 21.1 Å². The largest absolute Gasteiger partial charge is 0.456 e. The lowest BCUT2D eigenvalue weighted by molar-refractivity contribution is 0.102. The van der Waals surface area contributed by atoms with E-state index in [-0.39, 0.29) is 11.7 Å². The highest BCUT2D eigenvalue weighted by atomic mass is 19.1. The molecule has 2 aromatic heterocycles. The van der Waals surface area contributed by atoms with Gasteiger partial charge in [-0.05, 0) is 60.0 Å². The van der Waals surface area contributed by atoms with Gasteiger partial charge in [-0.25, -0.2) is 9.37 Å². The number of H-pyrrole nitrogens is 1. The molecule has 0 atom stereocenters. The topological polar surface area (TPSA) is 79.9 Å². The van der Waals surface area contributed by atoms with Crippen LogP contribution in [0.1, 0.15) is 10.4 Å². The lowest BCUT2D eigenvalue weighted by Crippen LogP contribution is -2.12. The minimum atomic E-state index is -0.383. The predicted octanol–water partition coefficient (Wildman–Crippen LogP) is 5.29. The summed E-state index contributed by atoms with van der Waals surface area (Å²) in [5.74, 6) is 0.611. The van der Waals surface area contributed by atoms with Crippen molar-refractivity contribution < 1.29 is 13.9 Å². The third kappa shape index (κ3) is 3.33. The summed E-state index contributed by atoms with van der Waals surface area (Å²) < 4.78 is 19.1. The number of ether oxygens (including phenoxy) is 1. The molecular formula is C23H15FN4O2. The van der Waals surface area contributed by atoms with Crippen LogP contribution in [0.25, 0.3) is 21.8 Å². The van der Waals surface area contributed by atoms with Crippen molar-refractivity contribution in [2.75, 3.05) is 5.32 Å². The minimum Gasteiger partial charge on any atom is -0.456 e. The number of hydrogen-bond acceptors (Lipinski definition) is 4. The summed E-state index contributed by atoms with van der Waals surface area (Å²) >= 11 is 0. The average Bonchev–Trinajstić information content (AvgIpc) is 3.24. The molecule has 2 N–H and O–H groups in total. The first-order chi connectivity index (χ1) is 14.7. The Morgan fingerprint density at radius 2 is 1.87 bits per heavy atom. The summed E-state index contributed by atoms with van der Waals surface area (Å²) in [5, 5.41) is 12.3. The van der Waals surface area contributed by atoms with E-state index in [4.69, 9.17) is 4.74 Å². The number of carbonyl (C=O) groups is 1. The summed E-state index contributed by atoms with van der Waals surface area (Å²) in [4.78, 5) is 16.7. The molecule has 7 heteroatoms. The van der Waals surface area contributed by atoms with E-state index in [1.165, 1.54) is 24.3 Å². The SMILES string of the molecule is O=C(Nc1cccc2cc(Oc3ccnc4[nH]ncc34)ccc12)c1ccc(F)cc1. The van der Waals surface area contributed by atoms with Gasteiger partial charge in [0.25, 0.3) is 5.91 Å².